The van der Waals surface area contributed by atoms with Crippen molar-refractivity contribution in [2.24, 2.45) is 16.7 Å². The van der Waals surface area contributed by atoms with Gasteiger partial charge in [-0.15, -0.1) is 0 Å². The van der Waals surface area contributed by atoms with Crippen LogP contribution >= 0.6 is 0 Å². The van der Waals surface area contributed by atoms with Crippen molar-refractivity contribution in [3.63, 3.8) is 0 Å². The van der Waals surface area contributed by atoms with E-state index in [-0.39, 0.29) is 17.4 Å². The van der Waals surface area contributed by atoms with E-state index >= 15 is 0 Å². The van der Waals surface area contributed by atoms with Crippen LogP contribution in [0.15, 0.2) is 0 Å². The number of hydrogen-bond donors (Lipinski definition) is 2. The van der Waals surface area contributed by atoms with Crippen LogP contribution in [0.25, 0.3) is 0 Å². The summed E-state index contributed by atoms with van der Waals surface area (Å²) >= 11 is 0. The summed E-state index contributed by atoms with van der Waals surface area (Å²) in [6, 6.07) is 0.0466. The monoisotopic (exact) mass is 298 g/mol. The van der Waals surface area contributed by atoms with Crippen LogP contribution in [0.5, 0.6) is 0 Å². The van der Waals surface area contributed by atoms with Crippen LogP contribution in [0.3, 0.4) is 0 Å². The van der Waals surface area contributed by atoms with Gasteiger partial charge >= 0.3 is 5.97 Å². The van der Waals surface area contributed by atoms with Gasteiger partial charge in [0.1, 0.15) is 0 Å². The molecule has 2 N–H and O–H groups in total. The number of nitrogens with one attached hydrogen (secondary N) is 1. The molecule has 0 aromatic rings. The van der Waals surface area contributed by atoms with Gasteiger partial charge in [-0.05, 0) is 11.8 Å². The molecule has 1 amide bonds. The Morgan fingerprint density at radius 2 is 1.71 bits per heavy atom. The smallest absolute Gasteiger partial charge is 0.308 e. The fourth-order valence-electron chi connectivity index (χ4n) is 2.52. The highest BCUT2D eigenvalue weighted by Gasteiger charge is 2.37. The first kappa shape index (κ1) is 18.0. The van der Waals surface area contributed by atoms with Crippen LogP contribution in [-0.4, -0.2) is 47.6 Å². The van der Waals surface area contributed by atoms with Crippen molar-refractivity contribution < 1.29 is 14.7 Å². The molecule has 1 aliphatic rings. The van der Waals surface area contributed by atoms with E-state index in [9.17, 15) is 14.7 Å². The molecule has 0 aromatic heterocycles. The summed E-state index contributed by atoms with van der Waals surface area (Å²) in [7, 11) is 0. The van der Waals surface area contributed by atoms with Crippen LogP contribution in [0.1, 0.15) is 48.0 Å². The first-order valence-electron chi connectivity index (χ1n) is 7.66. The maximum Gasteiger partial charge on any atom is 0.308 e. The molecule has 5 heteroatoms. The summed E-state index contributed by atoms with van der Waals surface area (Å²) in [5, 5.41) is 12.7. The summed E-state index contributed by atoms with van der Waals surface area (Å²) in [5.74, 6) is -1.28. The Labute approximate surface area is 128 Å². The van der Waals surface area contributed by atoms with Crippen molar-refractivity contribution in [3.8, 4) is 0 Å². The largest absolute Gasteiger partial charge is 0.481 e. The minimum absolute atomic E-state index is 0.0241. The topological polar surface area (TPSA) is 69.6 Å². The Kier molecular flexibility index (Phi) is 5.42. The number of amides is 1. The number of nitrogens with zero attached hydrogens (tertiary/aromatic N) is 1. The van der Waals surface area contributed by atoms with Crippen LogP contribution in [0.2, 0.25) is 0 Å². The molecule has 1 saturated heterocycles. The van der Waals surface area contributed by atoms with Crippen LogP contribution in [0, 0.1) is 16.7 Å². The quantitative estimate of drug-likeness (QED) is 0.836. The molecule has 1 heterocycles. The number of hydrogen-bond acceptors (Lipinski definition) is 3. The van der Waals surface area contributed by atoms with Crippen molar-refractivity contribution in [1.82, 2.24) is 10.2 Å². The summed E-state index contributed by atoms with van der Waals surface area (Å²) < 4.78 is 0. The number of aliphatic carboxylic acids is 1. The Balaban J connectivity index is 2.78. The first-order chi connectivity index (χ1) is 9.40. The SMILES string of the molecule is CC(C)(C)CNC1CC(C(=O)O)CN(C(=O)C(C)(C)C)C1. The fraction of sp³-hybridized carbons (Fsp3) is 0.875. The second-order valence-corrected chi connectivity index (χ2v) is 8.37. The third-order valence-corrected chi connectivity index (χ3v) is 3.65. The van der Waals surface area contributed by atoms with E-state index in [0.717, 1.165) is 6.54 Å². The lowest BCUT2D eigenvalue weighted by atomic mass is 9.88. The lowest BCUT2D eigenvalue weighted by molar-refractivity contribution is -0.149. The van der Waals surface area contributed by atoms with E-state index < -0.39 is 17.3 Å². The zero-order chi connectivity index (χ0) is 16.4. The zero-order valence-corrected chi connectivity index (χ0v) is 14.2. The molecule has 2 unspecified atom stereocenters. The Hall–Kier alpha value is -1.10. The molecule has 5 nitrogen and oxygen atoms in total. The van der Waals surface area contributed by atoms with E-state index in [1.54, 1.807) is 4.90 Å². The van der Waals surface area contributed by atoms with Gasteiger partial charge in [-0.2, -0.15) is 0 Å². The molecule has 122 valence electrons. The highest BCUT2D eigenvalue weighted by molar-refractivity contribution is 5.82. The molecular weight excluding hydrogens is 268 g/mol. The van der Waals surface area contributed by atoms with Crippen molar-refractivity contribution in [2.45, 2.75) is 54.0 Å². The summed E-state index contributed by atoms with van der Waals surface area (Å²) in [5.41, 5.74) is -0.343. The van der Waals surface area contributed by atoms with Gasteiger partial charge in [-0.1, -0.05) is 41.5 Å². The van der Waals surface area contributed by atoms with E-state index in [2.05, 4.69) is 26.1 Å². The van der Waals surface area contributed by atoms with Gasteiger partial charge in [0.2, 0.25) is 5.91 Å². The summed E-state index contributed by atoms with van der Waals surface area (Å²) in [6.07, 6.45) is 0.583. The summed E-state index contributed by atoms with van der Waals surface area (Å²) in [4.78, 5) is 25.5. The van der Waals surface area contributed by atoms with Gasteiger partial charge in [-0.3, -0.25) is 9.59 Å². The Morgan fingerprint density at radius 3 is 2.14 bits per heavy atom. The molecule has 1 rings (SSSR count). The molecule has 0 saturated carbocycles. The number of rotatable bonds is 3. The molecule has 0 aliphatic carbocycles. The fourth-order valence-corrected chi connectivity index (χ4v) is 2.52. The number of carbonyl (C=O) groups excluding carboxylic acids is 1. The Morgan fingerprint density at radius 1 is 1.14 bits per heavy atom. The van der Waals surface area contributed by atoms with Crippen LogP contribution in [0.4, 0.5) is 0 Å². The molecular formula is C16H30N2O3. The van der Waals surface area contributed by atoms with Crippen molar-refractivity contribution in [1.29, 1.82) is 0 Å². The number of piperidine rings is 1. The third-order valence-electron chi connectivity index (χ3n) is 3.65. The number of carboxylic acids is 1. The third kappa shape index (κ3) is 5.65. The zero-order valence-electron chi connectivity index (χ0n) is 14.2. The van der Waals surface area contributed by atoms with E-state index in [1.165, 1.54) is 0 Å². The molecule has 21 heavy (non-hydrogen) atoms. The van der Waals surface area contributed by atoms with Crippen molar-refractivity contribution in [2.75, 3.05) is 19.6 Å². The molecule has 0 radical (unpaired) electrons. The molecule has 1 fully saturated rings. The van der Waals surface area contributed by atoms with Gasteiger partial charge in [0.25, 0.3) is 0 Å². The number of carbonyl (C=O) groups is 2. The second kappa shape index (κ2) is 6.34. The minimum Gasteiger partial charge on any atom is -0.481 e. The average molecular weight is 298 g/mol. The highest BCUT2D eigenvalue weighted by atomic mass is 16.4. The van der Waals surface area contributed by atoms with Crippen LogP contribution < -0.4 is 5.32 Å². The molecule has 2 atom stereocenters. The van der Waals surface area contributed by atoms with E-state index in [1.807, 2.05) is 20.8 Å². The first-order valence-corrected chi connectivity index (χ1v) is 7.66. The number of likely N-dealkylation sites (tertiary alicyclic amines) is 1. The summed E-state index contributed by atoms with van der Waals surface area (Å²) in [6.45, 7) is 13.7. The molecule has 1 aliphatic heterocycles. The molecule has 0 bridgehead atoms. The van der Waals surface area contributed by atoms with Gasteiger partial charge in [-0.25, -0.2) is 0 Å². The lowest BCUT2D eigenvalue weighted by Crippen LogP contribution is -2.55. The maximum absolute atomic E-state index is 12.4. The second-order valence-electron chi connectivity index (χ2n) is 8.37. The van der Waals surface area contributed by atoms with Gasteiger partial charge < -0.3 is 15.3 Å². The van der Waals surface area contributed by atoms with Crippen molar-refractivity contribution >= 4 is 11.9 Å². The Bertz CT molecular complexity index is 393. The van der Waals surface area contributed by atoms with Gasteiger partial charge in [0, 0.05) is 31.1 Å². The molecule has 0 aromatic carbocycles. The van der Waals surface area contributed by atoms with E-state index in [4.69, 9.17) is 0 Å². The minimum atomic E-state index is -0.816. The lowest BCUT2D eigenvalue weighted by Gasteiger charge is -2.40. The predicted octanol–water partition coefficient (Wildman–Crippen LogP) is 1.97. The predicted molar refractivity (Wildman–Crippen MR) is 83.0 cm³/mol. The standard InChI is InChI=1S/C16H30N2O3/c1-15(2,3)10-17-12-7-11(13(19)20)8-18(9-12)14(21)16(4,5)6/h11-12,17H,7-10H2,1-6H3,(H,19,20). The average Bonchev–Trinajstić information content (AvgIpc) is 2.33. The highest BCUT2D eigenvalue weighted by Crippen LogP contribution is 2.24. The van der Waals surface area contributed by atoms with Crippen molar-refractivity contribution in [3.05, 3.63) is 0 Å². The van der Waals surface area contributed by atoms with Gasteiger partial charge in [0.05, 0.1) is 5.92 Å². The van der Waals surface area contributed by atoms with E-state index in [0.29, 0.717) is 19.5 Å². The van der Waals surface area contributed by atoms with Gasteiger partial charge in [0.15, 0.2) is 0 Å². The molecule has 0 spiro atoms. The maximum atomic E-state index is 12.4. The number of carboxylic acid groups (broad SMARTS) is 1. The normalized spacial score (nSPS) is 24.0. The van der Waals surface area contributed by atoms with Crippen LogP contribution in [-0.2, 0) is 9.59 Å².